The smallest absolute Gasteiger partial charge is 0.0998 e. The average molecular weight is 675 g/mol. The van der Waals surface area contributed by atoms with E-state index >= 15 is 0 Å². The minimum Gasteiger partial charge on any atom is -0.309 e. The van der Waals surface area contributed by atoms with Gasteiger partial charge in [0.15, 0.2) is 0 Å². The highest BCUT2D eigenvalue weighted by Gasteiger charge is 2.19. The van der Waals surface area contributed by atoms with Crippen LogP contribution in [-0.2, 0) is 0 Å². The summed E-state index contributed by atoms with van der Waals surface area (Å²) >= 11 is 0. The fraction of sp³-hybridized carbons (Fsp3) is 0. The Balaban J connectivity index is 1.07. The highest BCUT2D eigenvalue weighted by Crippen LogP contribution is 2.40. The van der Waals surface area contributed by atoms with E-state index in [4.69, 9.17) is 0 Å². The van der Waals surface area contributed by atoms with Crippen molar-refractivity contribution in [2.45, 2.75) is 0 Å². The van der Waals surface area contributed by atoms with E-state index in [-0.39, 0.29) is 0 Å². The van der Waals surface area contributed by atoms with Gasteiger partial charge in [-0.15, -0.1) is 0 Å². The third-order valence-electron chi connectivity index (χ3n) is 10.9. The van der Waals surface area contributed by atoms with Crippen molar-refractivity contribution < 1.29 is 0 Å². The topological polar surface area (TPSA) is 38.6 Å². The van der Waals surface area contributed by atoms with Gasteiger partial charge in [-0.25, -0.2) is 0 Å². The molecule has 0 aliphatic carbocycles. The molecule has 0 fully saturated rings. The van der Waals surface area contributed by atoms with Crippen LogP contribution < -0.4 is 0 Å². The van der Waals surface area contributed by atoms with Crippen LogP contribution in [0.1, 0.15) is 5.56 Å². The zero-order chi connectivity index (χ0) is 35.0. The lowest BCUT2D eigenvalue weighted by Gasteiger charge is -2.13. The number of para-hydroxylation sites is 5. The lowest BCUT2D eigenvalue weighted by atomic mass is 9.99. The molecule has 53 heavy (non-hydrogen) atoms. The van der Waals surface area contributed by atoms with E-state index in [1.165, 1.54) is 54.4 Å². The van der Waals surface area contributed by atoms with Crippen molar-refractivity contribution in [3.8, 4) is 34.3 Å². The Bertz CT molecular complexity index is 3220. The van der Waals surface area contributed by atoms with Crippen LogP contribution in [0.5, 0.6) is 0 Å². The SMILES string of the molecule is N#Cc1cc(-n2c3ccccc3c3cc4c(cc32)c2ccccc2n4-c2ccccc2)ccc1-c1ccc(-n2c3ccccc3c3ccccc32)cc1. The molecule has 3 aromatic heterocycles. The minimum atomic E-state index is 0.639. The molecule has 0 aliphatic rings. The number of hydrogen-bond acceptors (Lipinski definition) is 1. The third kappa shape index (κ3) is 4.29. The van der Waals surface area contributed by atoms with Gasteiger partial charge in [-0.1, -0.05) is 109 Å². The molecule has 0 unspecified atom stereocenters. The number of nitriles is 1. The molecule has 0 spiro atoms. The van der Waals surface area contributed by atoms with Gasteiger partial charge in [0, 0.05) is 49.4 Å². The van der Waals surface area contributed by atoms with Gasteiger partial charge in [-0.2, -0.15) is 5.26 Å². The van der Waals surface area contributed by atoms with Gasteiger partial charge in [0.1, 0.15) is 0 Å². The summed E-state index contributed by atoms with van der Waals surface area (Å²) in [4.78, 5) is 0. The van der Waals surface area contributed by atoms with E-state index in [1.54, 1.807) is 0 Å². The summed E-state index contributed by atoms with van der Waals surface area (Å²) in [7, 11) is 0. The Labute approximate surface area is 305 Å². The largest absolute Gasteiger partial charge is 0.309 e. The predicted molar refractivity (Wildman–Crippen MR) is 220 cm³/mol. The zero-order valence-electron chi connectivity index (χ0n) is 28.6. The monoisotopic (exact) mass is 674 g/mol. The summed E-state index contributed by atoms with van der Waals surface area (Å²) in [6.07, 6.45) is 0. The predicted octanol–water partition coefficient (Wildman–Crippen LogP) is 12.5. The maximum atomic E-state index is 10.6. The van der Waals surface area contributed by atoms with Crippen LogP contribution in [0.25, 0.3) is 93.6 Å². The molecule has 0 atom stereocenters. The minimum absolute atomic E-state index is 0.639. The molecule has 0 aliphatic heterocycles. The van der Waals surface area contributed by atoms with Gasteiger partial charge in [0.25, 0.3) is 0 Å². The second-order valence-electron chi connectivity index (χ2n) is 13.7. The first kappa shape index (κ1) is 29.4. The summed E-state index contributed by atoms with van der Waals surface area (Å²) in [6, 6.07) is 67.0. The van der Waals surface area contributed by atoms with Gasteiger partial charge in [0.2, 0.25) is 0 Å². The Kier molecular flexibility index (Phi) is 6.28. The van der Waals surface area contributed by atoms with Crippen molar-refractivity contribution in [2.75, 3.05) is 0 Å². The molecule has 0 N–H and O–H groups in total. The first-order valence-corrected chi connectivity index (χ1v) is 17.9. The van der Waals surface area contributed by atoms with E-state index in [2.05, 4.69) is 196 Å². The van der Waals surface area contributed by atoms with Gasteiger partial charge < -0.3 is 13.7 Å². The van der Waals surface area contributed by atoms with E-state index in [1.807, 2.05) is 6.07 Å². The van der Waals surface area contributed by atoms with Crippen molar-refractivity contribution in [2.24, 2.45) is 0 Å². The molecule has 0 radical (unpaired) electrons. The molecule has 0 saturated heterocycles. The van der Waals surface area contributed by atoms with Crippen LogP contribution >= 0.6 is 0 Å². The number of nitrogens with zero attached hydrogens (tertiary/aromatic N) is 4. The summed E-state index contributed by atoms with van der Waals surface area (Å²) in [5, 5.41) is 17.8. The molecule has 3 heterocycles. The molecule has 11 rings (SSSR count). The second kappa shape index (κ2) is 11.3. The second-order valence-corrected chi connectivity index (χ2v) is 13.7. The van der Waals surface area contributed by atoms with Gasteiger partial charge in [0.05, 0.1) is 44.7 Å². The average Bonchev–Trinajstić information content (AvgIpc) is 3.85. The van der Waals surface area contributed by atoms with Crippen molar-refractivity contribution in [1.29, 1.82) is 5.26 Å². The lowest BCUT2D eigenvalue weighted by Crippen LogP contribution is -1.97. The number of hydrogen-bond donors (Lipinski definition) is 0. The fourth-order valence-electron chi connectivity index (χ4n) is 8.57. The molecular formula is C49H30N4. The summed E-state index contributed by atoms with van der Waals surface area (Å²) < 4.78 is 7.00. The van der Waals surface area contributed by atoms with Gasteiger partial charge >= 0.3 is 0 Å². The van der Waals surface area contributed by atoms with Crippen LogP contribution in [-0.4, -0.2) is 13.7 Å². The molecule has 0 saturated carbocycles. The Morgan fingerprint density at radius 1 is 0.321 bits per heavy atom. The summed E-state index contributed by atoms with van der Waals surface area (Å²) in [6.45, 7) is 0. The summed E-state index contributed by atoms with van der Waals surface area (Å²) in [5.41, 5.74) is 12.7. The third-order valence-corrected chi connectivity index (χ3v) is 10.9. The Hall–Kier alpha value is -7.35. The van der Waals surface area contributed by atoms with E-state index in [0.717, 1.165) is 39.2 Å². The molecular weight excluding hydrogens is 645 g/mol. The fourth-order valence-corrected chi connectivity index (χ4v) is 8.57. The highest BCUT2D eigenvalue weighted by molar-refractivity contribution is 6.19. The highest BCUT2D eigenvalue weighted by atomic mass is 15.0. The van der Waals surface area contributed by atoms with Crippen molar-refractivity contribution >= 4 is 65.4 Å². The van der Waals surface area contributed by atoms with Crippen LogP contribution in [0.2, 0.25) is 0 Å². The van der Waals surface area contributed by atoms with Crippen LogP contribution in [0.3, 0.4) is 0 Å². The van der Waals surface area contributed by atoms with E-state index in [0.29, 0.717) is 5.56 Å². The maximum Gasteiger partial charge on any atom is 0.0998 e. The summed E-state index contributed by atoms with van der Waals surface area (Å²) in [5.74, 6) is 0. The number of aromatic nitrogens is 3. The number of benzene rings is 8. The molecule has 0 amide bonds. The van der Waals surface area contributed by atoms with Crippen molar-refractivity contribution in [3.05, 3.63) is 188 Å². The Morgan fingerprint density at radius 2 is 0.717 bits per heavy atom. The van der Waals surface area contributed by atoms with Crippen molar-refractivity contribution in [1.82, 2.24) is 13.7 Å². The Morgan fingerprint density at radius 3 is 1.23 bits per heavy atom. The first-order chi connectivity index (χ1) is 26.3. The van der Waals surface area contributed by atoms with Gasteiger partial charge in [-0.3, -0.25) is 0 Å². The lowest BCUT2D eigenvalue weighted by molar-refractivity contribution is 1.17. The molecule has 11 aromatic rings. The van der Waals surface area contributed by atoms with E-state index in [9.17, 15) is 5.26 Å². The molecule has 8 aromatic carbocycles. The van der Waals surface area contributed by atoms with Gasteiger partial charge in [-0.05, 0) is 83.9 Å². The molecule has 4 nitrogen and oxygen atoms in total. The van der Waals surface area contributed by atoms with Crippen molar-refractivity contribution in [3.63, 3.8) is 0 Å². The standard InChI is InChI=1S/C49H30N4/c50-31-33-28-36(26-27-37(33)32-22-24-35(25-23-32)51-44-18-8-4-14-38(44)39-15-5-9-19-45(39)51)53-47-21-11-7-17-41(47)43-29-48-42(30-49(43)53)40-16-6-10-20-46(40)52(48)34-12-2-1-3-13-34/h1-30H. The quantitative estimate of drug-likeness (QED) is 0.183. The normalized spacial score (nSPS) is 11.8. The molecule has 4 heteroatoms. The van der Waals surface area contributed by atoms with E-state index < -0.39 is 0 Å². The van der Waals surface area contributed by atoms with Crippen LogP contribution in [0.15, 0.2) is 182 Å². The molecule has 0 bridgehead atoms. The number of fused-ring (bicyclic) bond motifs is 9. The zero-order valence-corrected chi connectivity index (χ0v) is 28.6. The van der Waals surface area contributed by atoms with Crippen LogP contribution in [0, 0.1) is 11.3 Å². The van der Waals surface area contributed by atoms with Crippen LogP contribution in [0.4, 0.5) is 0 Å². The molecule has 246 valence electrons. The number of rotatable bonds is 4. The maximum absolute atomic E-state index is 10.6. The first-order valence-electron chi connectivity index (χ1n) is 17.9.